The van der Waals surface area contributed by atoms with Gasteiger partial charge in [-0.05, 0) is 35.9 Å². The first-order chi connectivity index (χ1) is 14.4. The number of rotatable bonds is 4. The van der Waals surface area contributed by atoms with Crippen LogP contribution in [-0.2, 0) is 12.6 Å². The van der Waals surface area contributed by atoms with Gasteiger partial charge in [-0.2, -0.15) is 18.3 Å². The Morgan fingerprint density at radius 2 is 1.70 bits per heavy atom. The summed E-state index contributed by atoms with van der Waals surface area (Å²) in [6.45, 7) is 0. The molecule has 0 saturated carbocycles. The average molecular weight is 411 g/mol. The summed E-state index contributed by atoms with van der Waals surface area (Å²) in [7, 11) is 0. The Hall–Kier alpha value is -3.88. The van der Waals surface area contributed by atoms with Crippen molar-refractivity contribution in [1.29, 1.82) is 0 Å². The number of halogens is 3. The summed E-state index contributed by atoms with van der Waals surface area (Å²) in [6.07, 6.45) is -2.33. The van der Waals surface area contributed by atoms with Crippen LogP contribution in [0.2, 0.25) is 0 Å². The van der Waals surface area contributed by atoms with Crippen molar-refractivity contribution < 1.29 is 18.0 Å². The Bertz CT molecular complexity index is 1190. The Kier molecular flexibility index (Phi) is 5.09. The lowest BCUT2D eigenvalue weighted by molar-refractivity contribution is -0.137. The van der Waals surface area contributed by atoms with Crippen LogP contribution < -0.4 is 10.6 Å². The molecule has 0 fully saturated rings. The number of alkyl halides is 3. The lowest BCUT2D eigenvalue weighted by Gasteiger charge is -2.10. The fraction of sp³-hybridized carbons (Fsp3) is 0.0952. The number of amides is 2. The highest BCUT2D eigenvalue weighted by Gasteiger charge is 2.30. The highest BCUT2D eigenvalue weighted by Crippen LogP contribution is 2.30. The van der Waals surface area contributed by atoms with Crippen LogP contribution in [-0.4, -0.2) is 20.6 Å². The van der Waals surface area contributed by atoms with Gasteiger partial charge in [-0.25, -0.2) is 14.3 Å². The Balaban J connectivity index is 1.45. The number of urea groups is 1. The molecule has 2 aromatic carbocycles. The molecule has 0 atom stereocenters. The molecule has 2 amide bonds. The number of hydrogen-bond donors (Lipinski definition) is 2. The zero-order valence-corrected chi connectivity index (χ0v) is 15.5. The molecule has 152 valence electrons. The molecule has 0 radical (unpaired) electrons. The number of nitrogens with one attached hydrogen (secondary N) is 2. The van der Waals surface area contributed by atoms with Crippen LogP contribution in [0.4, 0.5) is 29.3 Å². The minimum absolute atomic E-state index is 0.0364. The van der Waals surface area contributed by atoms with Crippen LogP contribution in [0.15, 0.2) is 72.9 Å². The number of fused-ring (bicyclic) bond motifs is 1. The predicted molar refractivity (Wildman–Crippen MR) is 106 cm³/mol. The number of nitrogens with zero attached hydrogens (tertiary/aromatic N) is 3. The molecule has 0 unspecified atom stereocenters. The molecule has 4 rings (SSSR count). The first kappa shape index (κ1) is 19.4. The van der Waals surface area contributed by atoms with Crippen molar-refractivity contribution in [2.45, 2.75) is 12.6 Å². The molecule has 0 bridgehead atoms. The highest BCUT2D eigenvalue weighted by molar-refractivity contribution is 5.99. The standard InChI is InChI=1S/C21H16F3N5O/c22-21(23,24)15-7-4-8-16(12-15)25-20(30)26-17-9-10-19-27-18(28-29(19)13-17)11-14-5-2-1-3-6-14/h1-10,12-13H,11H2,(H2,25,26,30). The summed E-state index contributed by atoms with van der Waals surface area (Å²) in [5.41, 5.74) is 1.31. The van der Waals surface area contributed by atoms with Gasteiger partial charge in [0.05, 0.1) is 17.4 Å². The summed E-state index contributed by atoms with van der Waals surface area (Å²) >= 11 is 0. The molecule has 30 heavy (non-hydrogen) atoms. The fourth-order valence-corrected chi connectivity index (χ4v) is 2.92. The van der Waals surface area contributed by atoms with Crippen molar-refractivity contribution in [2.24, 2.45) is 0 Å². The second-order valence-corrected chi connectivity index (χ2v) is 6.57. The third-order valence-electron chi connectivity index (χ3n) is 4.29. The van der Waals surface area contributed by atoms with Gasteiger partial charge in [-0.1, -0.05) is 36.4 Å². The minimum atomic E-state index is -4.48. The monoisotopic (exact) mass is 411 g/mol. The Labute approximate surface area is 169 Å². The van der Waals surface area contributed by atoms with E-state index in [1.807, 2.05) is 30.3 Å². The number of hydrogen-bond acceptors (Lipinski definition) is 3. The van der Waals surface area contributed by atoms with E-state index in [2.05, 4.69) is 20.7 Å². The third kappa shape index (κ3) is 4.57. The molecular weight excluding hydrogens is 395 g/mol. The van der Waals surface area contributed by atoms with Crippen molar-refractivity contribution in [3.8, 4) is 0 Å². The van der Waals surface area contributed by atoms with Gasteiger partial charge in [-0.15, -0.1) is 0 Å². The van der Waals surface area contributed by atoms with Gasteiger partial charge < -0.3 is 10.6 Å². The van der Waals surface area contributed by atoms with E-state index in [-0.39, 0.29) is 5.69 Å². The fourth-order valence-electron chi connectivity index (χ4n) is 2.92. The zero-order valence-electron chi connectivity index (χ0n) is 15.5. The molecule has 6 nitrogen and oxygen atoms in total. The van der Waals surface area contributed by atoms with E-state index in [4.69, 9.17) is 0 Å². The summed E-state index contributed by atoms with van der Waals surface area (Å²) < 4.78 is 39.9. The average Bonchev–Trinajstić information content (AvgIpc) is 3.09. The van der Waals surface area contributed by atoms with Crippen molar-refractivity contribution in [3.05, 3.63) is 89.9 Å². The third-order valence-corrected chi connectivity index (χ3v) is 4.29. The van der Waals surface area contributed by atoms with Crippen molar-refractivity contribution in [3.63, 3.8) is 0 Å². The maximum absolute atomic E-state index is 12.8. The number of carbonyl (C=O) groups is 1. The quantitative estimate of drug-likeness (QED) is 0.497. The van der Waals surface area contributed by atoms with E-state index in [0.29, 0.717) is 23.6 Å². The topological polar surface area (TPSA) is 71.3 Å². The number of pyridine rings is 1. The second kappa shape index (κ2) is 7.86. The van der Waals surface area contributed by atoms with Crippen LogP contribution >= 0.6 is 0 Å². The largest absolute Gasteiger partial charge is 0.416 e. The summed E-state index contributed by atoms with van der Waals surface area (Å²) in [6, 6.07) is 16.9. The first-order valence-corrected chi connectivity index (χ1v) is 9.01. The van der Waals surface area contributed by atoms with E-state index < -0.39 is 17.8 Å². The van der Waals surface area contributed by atoms with Gasteiger partial charge in [0.25, 0.3) is 0 Å². The van der Waals surface area contributed by atoms with Gasteiger partial charge >= 0.3 is 12.2 Å². The van der Waals surface area contributed by atoms with E-state index >= 15 is 0 Å². The molecule has 9 heteroatoms. The van der Waals surface area contributed by atoms with Gasteiger partial charge in [0.2, 0.25) is 0 Å². The summed E-state index contributed by atoms with van der Waals surface area (Å²) in [4.78, 5) is 16.6. The van der Waals surface area contributed by atoms with Crippen LogP contribution in [0, 0.1) is 0 Å². The lowest BCUT2D eigenvalue weighted by Crippen LogP contribution is -2.20. The summed E-state index contributed by atoms with van der Waals surface area (Å²) in [5, 5.41) is 9.38. The Morgan fingerprint density at radius 3 is 2.47 bits per heavy atom. The number of anilines is 2. The lowest BCUT2D eigenvalue weighted by atomic mass is 10.1. The van der Waals surface area contributed by atoms with Gasteiger partial charge in [-0.3, -0.25) is 0 Å². The number of aromatic nitrogens is 3. The van der Waals surface area contributed by atoms with Gasteiger partial charge in [0, 0.05) is 12.1 Å². The molecule has 0 aliphatic rings. The van der Waals surface area contributed by atoms with Crippen molar-refractivity contribution in [1.82, 2.24) is 14.6 Å². The first-order valence-electron chi connectivity index (χ1n) is 9.01. The summed E-state index contributed by atoms with van der Waals surface area (Å²) in [5.74, 6) is 0.631. The SMILES string of the molecule is O=C(Nc1cccc(C(F)(F)F)c1)Nc1ccc2nc(Cc3ccccc3)nn2c1. The molecule has 2 heterocycles. The van der Waals surface area contributed by atoms with Crippen molar-refractivity contribution in [2.75, 3.05) is 10.6 Å². The molecule has 0 aliphatic carbocycles. The van der Waals surface area contributed by atoms with Crippen LogP contribution in [0.25, 0.3) is 5.65 Å². The molecule has 0 aliphatic heterocycles. The minimum Gasteiger partial charge on any atom is -0.308 e. The molecular formula is C21H16F3N5O. The van der Waals surface area contributed by atoms with Crippen LogP contribution in [0.1, 0.15) is 17.0 Å². The normalized spacial score (nSPS) is 11.4. The van der Waals surface area contributed by atoms with E-state index in [9.17, 15) is 18.0 Å². The second-order valence-electron chi connectivity index (χ2n) is 6.57. The van der Waals surface area contributed by atoms with Gasteiger partial charge in [0.15, 0.2) is 11.5 Å². The maximum atomic E-state index is 12.8. The highest BCUT2D eigenvalue weighted by atomic mass is 19.4. The molecule has 0 saturated heterocycles. The van der Waals surface area contributed by atoms with E-state index in [1.165, 1.54) is 16.6 Å². The van der Waals surface area contributed by atoms with E-state index in [1.54, 1.807) is 18.3 Å². The maximum Gasteiger partial charge on any atom is 0.416 e. The van der Waals surface area contributed by atoms with Crippen LogP contribution in [0.3, 0.4) is 0 Å². The van der Waals surface area contributed by atoms with Gasteiger partial charge in [0.1, 0.15) is 0 Å². The number of carbonyl (C=O) groups excluding carboxylic acids is 1. The number of benzene rings is 2. The molecule has 2 N–H and O–H groups in total. The molecule has 4 aromatic rings. The molecule has 0 spiro atoms. The molecule has 2 aromatic heterocycles. The zero-order chi connectivity index (χ0) is 21.1. The van der Waals surface area contributed by atoms with E-state index in [0.717, 1.165) is 17.7 Å². The van der Waals surface area contributed by atoms with Crippen molar-refractivity contribution >= 4 is 23.1 Å². The Morgan fingerprint density at radius 1 is 0.933 bits per heavy atom. The predicted octanol–water partition coefficient (Wildman–Crippen LogP) is 4.98. The van der Waals surface area contributed by atoms with Crippen LogP contribution in [0.5, 0.6) is 0 Å². The smallest absolute Gasteiger partial charge is 0.308 e.